The largest absolute Gasteiger partial charge is 0.329 e. The Bertz CT molecular complexity index is 957. The number of aromatic amines is 1. The molecule has 4 heteroatoms. The van der Waals surface area contributed by atoms with E-state index < -0.39 is 0 Å². The number of nitrogens with one attached hydrogen (secondary N) is 1. The van der Waals surface area contributed by atoms with Crippen LogP contribution in [0, 0.1) is 0 Å². The fraction of sp³-hybridized carbons (Fsp3) is 0.286. The monoisotopic (exact) mass is 352 g/mol. The number of rotatable bonds is 2. The average Bonchev–Trinajstić information content (AvgIpc) is 2.64. The Labute approximate surface area is 151 Å². The third kappa shape index (κ3) is 2.99. The maximum atomic E-state index is 11.9. The first-order valence-electron chi connectivity index (χ1n) is 8.72. The van der Waals surface area contributed by atoms with Crippen LogP contribution in [-0.2, 0) is 5.54 Å². The van der Waals surface area contributed by atoms with Gasteiger partial charge < -0.3 is 10.7 Å². The van der Waals surface area contributed by atoms with Crippen molar-refractivity contribution in [3.8, 4) is 0 Å². The van der Waals surface area contributed by atoms with Gasteiger partial charge in [-0.3, -0.25) is 4.79 Å². The number of H-pyrrole nitrogens is 1. The van der Waals surface area contributed by atoms with Gasteiger partial charge >= 0.3 is 0 Å². The van der Waals surface area contributed by atoms with Gasteiger partial charge in [0.2, 0.25) is 0 Å². The predicted octanol–water partition coefficient (Wildman–Crippen LogP) is 4.69. The van der Waals surface area contributed by atoms with E-state index in [4.69, 9.17) is 17.3 Å². The molecular formula is C21H21ClN2O. The van der Waals surface area contributed by atoms with Crippen LogP contribution in [0.1, 0.15) is 42.7 Å². The summed E-state index contributed by atoms with van der Waals surface area (Å²) in [6.07, 6.45) is 5.56. The van der Waals surface area contributed by atoms with E-state index in [-0.39, 0.29) is 11.1 Å². The molecule has 3 nitrogen and oxygen atoms in total. The summed E-state index contributed by atoms with van der Waals surface area (Å²) >= 11 is 6.51. The molecule has 0 atom stereocenters. The number of aromatic nitrogens is 1. The minimum absolute atomic E-state index is 0.0975. The lowest BCUT2D eigenvalue weighted by Crippen LogP contribution is -2.40. The van der Waals surface area contributed by atoms with E-state index in [0.29, 0.717) is 16.3 Å². The zero-order chi connectivity index (χ0) is 17.4. The maximum absolute atomic E-state index is 11.9. The van der Waals surface area contributed by atoms with Gasteiger partial charge in [0.25, 0.3) is 5.56 Å². The van der Waals surface area contributed by atoms with Crippen molar-refractivity contribution in [2.45, 2.75) is 37.1 Å². The molecule has 1 saturated carbocycles. The van der Waals surface area contributed by atoms with Gasteiger partial charge in [-0.15, -0.1) is 0 Å². The second kappa shape index (κ2) is 6.32. The Morgan fingerprint density at radius 1 is 1.08 bits per heavy atom. The van der Waals surface area contributed by atoms with E-state index in [1.54, 1.807) is 12.3 Å². The molecule has 1 aromatic heterocycles. The number of benzene rings is 2. The zero-order valence-electron chi connectivity index (χ0n) is 14.0. The van der Waals surface area contributed by atoms with Gasteiger partial charge in [-0.25, -0.2) is 0 Å². The van der Waals surface area contributed by atoms with Crippen molar-refractivity contribution in [1.29, 1.82) is 0 Å². The van der Waals surface area contributed by atoms with Crippen molar-refractivity contribution in [3.05, 3.63) is 81.2 Å². The molecule has 0 saturated heterocycles. The molecule has 25 heavy (non-hydrogen) atoms. The number of nitrogens with two attached hydrogens (primary N) is 1. The molecule has 0 spiro atoms. The zero-order valence-corrected chi connectivity index (χ0v) is 14.7. The van der Waals surface area contributed by atoms with Crippen LogP contribution in [0.15, 0.2) is 59.5 Å². The molecular weight excluding hydrogens is 332 g/mol. The van der Waals surface area contributed by atoms with E-state index in [0.717, 1.165) is 36.6 Å². The van der Waals surface area contributed by atoms with Crippen LogP contribution in [-0.4, -0.2) is 4.98 Å². The molecule has 2 aromatic carbocycles. The maximum Gasteiger partial charge on any atom is 0.255 e. The average molecular weight is 353 g/mol. The molecule has 0 unspecified atom stereocenters. The van der Waals surface area contributed by atoms with Gasteiger partial charge in [0.05, 0.1) is 0 Å². The first-order valence-corrected chi connectivity index (χ1v) is 9.10. The standard InChI is InChI=1S/C21H21ClN2O/c22-19-13-18-15(8-11-24-20(18)25)12-17(19)14-6-9-21(23,10-7-14)16-4-2-1-3-5-16/h1-5,8,11-14H,6-7,9-10,23H2,(H,24,25)/t14-,21+. The molecule has 1 heterocycles. The number of hydrogen-bond donors (Lipinski definition) is 2. The topological polar surface area (TPSA) is 58.9 Å². The Balaban J connectivity index is 1.62. The molecule has 1 fully saturated rings. The fourth-order valence-electron chi connectivity index (χ4n) is 4.04. The Morgan fingerprint density at radius 3 is 2.52 bits per heavy atom. The first kappa shape index (κ1) is 16.4. The lowest BCUT2D eigenvalue weighted by molar-refractivity contribution is 0.277. The van der Waals surface area contributed by atoms with Crippen LogP contribution in [0.2, 0.25) is 5.02 Å². The van der Waals surface area contributed by atoms with Crippen molar-refractivity contribution in [1.82, 2.24) is 4.98 Å². The molecule has 0 amide bonds. The highest BCUT2D eigenvalue weighted by molar-refractivity contribution is 6.32. The highest BCUT2D eigenvalue weighted by Crippen LogP contribution is 2.43. The summed E-state index contributed by atoms with van der Waals surface area (Å²) in [5.74, 6) is 0.386. The van der Waals surface area contributed by atoms with E-state index in [9.17, 15) is 4.79 Å². The summed E-state index contributed by atoms with van der Waals surface area (Å²) in [5, 5.41) is 2.26. The molecule has 1 aliphatic carbocycles. The van der Waals surface area contributed by atoms with E-state index in [2.05, 4.69) is 23.2 Å². The second-order valence-corrected chi connectivity index (χ2v) is 7.47. The summed E-state index contributed by atoms with van der Waals surface area (Å²) in [6, 6.07) is 16.2. The fourth-order valence-corrected chi connectivity index (χ4v) is 4.36. The van der Waals surface area contributed by atoms with E-state index in [1.165, 1.54) is 5.56 Å². The van der Waals surface area contributed by atoms with Crippen molar-refractivity contribution in [2.75, 3.05) is 0 Å². The van der Waals surface area contributed by atoms with E-state index in [1.807, 2.05) is 24.3 Å². The van der Waals surface area contributed by atoms with Crippen LogP contribution < -0.4 is 11.3 Å². The first-order chi connectivity index (χ1) is 12.1. The van der Waals surface area contributed by atoms with Gasteiger partial charge in [-0.2, -0.15) is 0 Å². The predicted molar refractivity (Wildman–Crippen MR) is 103 cm³/mol. The lowest BCUT2D eigenvalue weighted by atomic mass is 9.71. The third-order valence-corrected chi connectivity index (χ3v) is 5.88. The van der Waals surface area contributed by atoms with Crippen molar-refractivity contribution in [2.24, 2.45) is 5.73 Å². The van der Waals surface area contributed by atoms with Crippen molar-refractivity contribution < 1.29 is 0 Å². The summed E-state index contributed by atoms with van der Waals surface area (Å²) in [6.45, 7) is 0. The molecule has 1 aliphatic rings. The molecule has 0 aliphatic heterocycles. The van der Waals surface area contributed by atoms with Gasteiger partial charge in [-0.05, 0) is 66.3 Å². The van der Waals surface area contributed by atoms with Crippen LogP contribution in [0.25, 0.3) is 10.8 Å². The van der Waals surface area contributed by atoms with Crippen molar-refractivity contribution >= 4 is 22.4 Å². The molecule has 4 rings (SSSR count). The molecule has 0 radical (unpaired) electrons. The number of fused-ring (bicyclic) bond motifs is 1. The number of halogens is 1. The normalized spacial score (nSPS) is 23.7. The van der Waals surface area contributed by atoms with Crippen molar-refractivity contribution in [3.63, 3.8) is 0 Å². The third-order valence-electron chi connectivity index (χ3n) is 5.56. The molecule has 0 bridgehead atoms. The smallest absolute Gasteiger partial charge is 0.255 e. The van der Waals surface area contributed by atoms with Gasteiger partial charge in [-0.1, -0.05) is 41.9 Å². The summed E-state index contributed by atoms with van der Waals surface area (Å²) in [7, 11) is 0. The van der Waals surface area contributed by atoms with Crippen LogP contribution >= 0.6 is 11.6 Å². The molecule has 3 aromatic rings. The Hall–Kier alpha value is -2.10. The SMILES string of the molecule is N[C@]1(c2ccccc2)CC[C@H](c2cc3cc[nH]c(=O)c3cc2Cl)CC1. The van der Waals surface area contributed by atoms with Crippen LogP contribution in [0.4, 0.5) is 0 Å². The lowest BCUT2D eigenvalue weighted by Gasteiger charge is -2.38. The number of pyridine rings is 1. The highest BCUT2D eigenvalue weighted by Gasteiger charge is 2.34. The quantitative estimate of drug-likeness (QED) is 0.702. The molecule has 3 N–H and O–H groups in total. The van der Waals surface area contributed by atoms with Gasteiger partial charge in [0.15, 0.2) is 0 Å². The summed E-state index contributed by atoms with van der Waals surface area (Å²) in [5.41, 5.74) is 8.69. The Morgan fingerprint density at radius 2 is 1.80 bits per heavy atom. The van der Waals surface area contributed by atoms with Gasteiger partial charge in [0, 0.05) is 22.1 Å². The summed E-state index contributed by atoms with van der Waals surface area (Å²) in [4.78, 5) is 14.6. The summed E-state index contributed by atoms with van der Waals surface area (Å²) < 4.78 is 0. The minimum Gasteiger partial charge on any atom is -0.329 e. The van der Waals surface area contributed by atoms with E-state index >= 15 is 0 Å². The number of hydrogen-bond acceptors (Lipinski definition) is 2. The second-order valence-electron chi connectivity index (χ2n) is 7.06. The molecule has 128 valence electrons. The Kier molecular flexibility index (Phi) is 4.14. The van der Waals surface area contributed by atoms with Crippen LogP contribution in [0.5, 0.6) is 0 Å². The van der Waals surface area contributed by atoms with Gasteiger partial charge in [0.1, 0.15) is 0 Å². The highest BCUT2D eigenvalue weighted by atomic mass is 35.5. The van der Waals surface area contributed by atoms with Crippen LogP contribution in [0.3, 0.4) is 0 Å². The minimum atomic E-state index is -0.252.